The van der Waals surface area contributed by atoms with Gasteiger partial charge in [-0.3, -0.25) is 0 Å². The Labute approximate surface area is 318 Å². The molecular weight excluding hydrogens is 667 g/mol. The van der Waals surface area contributed by atoms with Crippen molar-refractivity contribution in [2.45, 2.75) is 0 Å². The molecule has 2 heteroatoms. The second-order valence-electron chi connectivity index (χ2n) is 14.1. The maximum atomic E-state index is 2.48. The Kier molecular flexibility index (Phi) is 7.90. The zero-order chi connectivity index (χ0) is 35.9. The quantitative estimate of drug-likeness (QED) is 0.149. The SMILES string of the molecule is c1ccc(-c2ccc(N(c3ccc(-c4ccccc4)cc3)c3cccc4c3-c3c(ccc5ccccc35)[Si]4(c3ccccc3)c3ccccc3)cc2)cc1. The number of hydrogen-bond acceptors (Lipinski definition) is 1. The monoisotopic (exact) mass is 703 g/mol. The van der Waals surface area contributed by atoms with Crippen molar-refractivity contribution >= 4 is 56.7 Å². The van der Waals surface area contributed by atoms with E-state index in [0.29, 0.717) is 0 Å². The van der Waals surface area contributed by atoms with Crippen molar-refractivity contribution in [1.82, 2.24) is 0 Å². The maximum absolute atomic E-state index is 2.75. The summed E-state index contributed by atoms with van der Waals surface area (Å²) in [6.07, 6.45) is 0. The predicted octanol–water partition coefficient (Wildman–Crippen LogP) is 11.0. The van der Waals surface area contributed by atoms with Gasteiger partial charge in [0.15, 0.2) is 8.07 Å². The smallest absolute Gasteiger partial charge is 0.180 e. The largest absolute Gasteiger partial charge is 0.310 e. The lowest BCUT2D eigenvalue weighted by Crippen LogP contribution is -2.72. The van der Waals surface area contributed by atoms with E-state index in [1.165, 1.54) is 70.6 Å². The van der Waals surface area contributed by atoms with Gasteiger partial charge < -0.3 is 4.90 Å². The van der Waals surface area contributed by atoms with Crippen LogP contribution in [0.5, 0.6) is 0 Å². The van der Waals surface area contributed by atoms with Gasteiger partial charge in [0.05, 0.1) is 5.69 Å². The number of fused-ring (bicyclic) bond motifs is 5. The van der Waals surface area contributed by atoms with Gasteiger partial charge in [-0.15, -0.1) is 0 Å². The molecule has 0 atom stereocenters. The van der Waals surface area contributed by atoms with Crippen molar-refractivity contribution in [3.8, 4) is 33.4 Å². The summed E-state index contributed by atoms with van der Waals surface area (Å²) in [6.45, 7) is 0. The Morgan fingerprint density at radius 3 is 1.28 bits per heavy atom. The molecule has 0 amide bonds. The van der Waals surface area contributed by atoms with Crippen LogP contribution in [-0.4, -0.2) is 8.07 Å². The topological polar surface area (TPSA) is 3.24 Å². The van der Waals surface area contributed by atoms with Crippen LogP contribution < -0.4 is 25.6 Å². The number of anilines is 3. The van der Waals surface area contributed by atoms with Gasteiger partial charge in [0.25, 0.3) is 0 Å². The van der Waals surface area contributed by atoms with E-state index in [1.807, 2.05) is 0 Å². The molecule has 254 valence electrons. The van der Waals surface area contributed by atoms with Gasteiger partial charge in [-0.05, 0) is 89.7 Å². The summed E-state index contributed by atoms with van der Waals surface area (Å²) >= 11 is 0. The van der Waals surface area contributed by atoms with Gasteiger partial charge in [-0.2, -0.15) is 0 Å². The highest BCUT2D eigenvalue weighted by molar-refractivity contribution is 7.22. The summed E-state index contributed by atoms with van der Waals surface area (Å²) in [4.78, 5) is 2.48. The van der Waals surface area contributed by atoms with Gasteiger partial charge >= 0.3 is 0 Å². The standard InChI is InChI=1S/C52H37NSi/c1-5-16-38(17-6-1)40-28-33-43(34-29-40)53(44-35-30-41(31-36-44)39-18-7-2-8-19-39)48-26-15-27-49-52(48)51-47-25-14-13-20-42(47)32-37-50(51)54(49,45-21-9-3-10-22-45)46-23-11-4-12-24-46/h1-37H. The Balaban J connectivity index is 1.27. The van der Waals surface area contributed by atoms with Gasteiger partial charge in [-0.1, -0.05) is 194 Å². The van der Waals surface area contributed by atoms with E-state index >= 15 is 0 Å². The normalized spacial score (nSPS) is 12.6. The third-order valence-electron chi connectivity index (χ3n) is 11.1. The summed E-state index contributed by atoms with van der Waals surface area (Å²) in [7, 11) is -2.75. The first-order valence-corrected chi connectivity index (χ1v) is 20.7. The predicted molar refractivity (Wildman–Crippen MR) is 232 cm³/mol. The molecular formula is C52H37NSi. The second kappa shape index (κ2) is 13.3. The molecule has 0 aromatic heterocycles. The van der Waals surface area contributed by atoms with E-state index in [0.717, 1.165) is 11.4 Å². The van der Waals surface area contributed by atoms with E-state index in [1.54, 1.807) is 0 Å². The zero-order valence-corrected chi connectivity index (χ0v) is 30.8. The van der Waals surface area contributed by atoms with Crippen LogP contribution in [0.3, 0.4) is 0 Å². The van der Waals surface area contributed by atoms with E-state index in [-0.39, 0.29) is 0 Å². The first-order chi connectivity index (χ1) is 26.8. The first kappa shape index (κ1) is 31.9. The Morgan fingerprint density at radius 2 is 0.741 bits per heavy atom. The number of hydrogen-bond donors (Lipinski definition) is 0. The summed E-state index contributed by atoms with van der Waals surface area (Å²) in [6, 6.07) is 82.8. The van der Waals surface area contributed by atoms with E-state index < -0.39 is 8.07 Å². The minimum atomic E-state index is -2.75. The van der Waals surface area contributed by atoms with Crippen LogP contribution in [-0.2, 0) is 0 Å². The van der Waals surface area contributed by atoms with Crippen LogP contribution in [0, 0.1) is 0 Å². The summed E-state index contributed by atoms with van der Waals surface area (Å²) in [5.74, 6) is 0. The Bertz CT molecular complexity index is 2600. The Morgan fingerprint density at radius 1 is 0.296 bits per heavy atom. The van der Waals surface area contributed by atoms with Crippen LogP contribution in [0.2, 0.25) is 0 Å². The molecule has 0 radical (unpaired) electrons. The highest BCUT2D eigenvalue weighted by Gasteiger charge is 2.50. The Hall–Kier alpha value is -6.74. The zero-order valence-electron chi connectivity index (χ0n) is 29.8. The third-order valence-corrected chi connectivity index (χ3v) is 16.0. The van der Waals surface area contributed by atoms with Gasteiger partial charge in [0.1, 0.15) is 0 Å². The molecule has 0 saturated carbocycles. The molecule has 0 spiro atoms. The molecule has 0 aliphatic carbocycles. The second-order valence-corrected chi connectivity index (χ2v) is 17.8. The lowest BCUT2D eigenvalue weighted by atomic mass is 9.96. The summed E-state index contributed by atoms with van der Waals surface area (Å²) in [5, 5.41) is 8.22. The minimum absolute atomic E-state index is 1.12. The van der Waals surface area contributed by atoms with Crippen LogP contribution in [0.25, 0.3) is 44.2 Å². The molecule has 0 unspecified atom stereocenters. The maximum Gasteiger partial charge on any atom is 0.180 e. The van der Waals surface area contributed by atoms with Gasteiger partial charge in [0.2, 0.25) is 0 Å². The molecule has 54 heavy (non-hydrogen) atoms. The minimum Gasteiger partial charge on any atom is -0.310 e. The number of benzene rings is 9. The molecule has 9 aromatic rings. The lowest BCUT2D eigenvalue weighted by molar-refractivity contribution is 1.29. The van der Waals surface area contributed by atoms with Crippen LogP contribution >= 0.6 is 0 Å². The fourth-order valence-electron chi connectivity index (χ4n) is 8.76. The summed E-state index contributed by atoms with van der Waals surface area (Å²) in [5.41, 5.74) is 10.9. The molecule has 10 rings (SSSR count). The lowest BCUT2D eigenvalue weighted by Gasteiger charge is -2.32. The van der Waals surface area contributed by atoms with Gasteiger partial charge in [0, 0.05) is 16.9 Å². The molecule has 1 nitrogen and oxygen atoms in total. The number of rotatable bonds is 7. The summed E-state index contributed by atoms with van der Waals surface area (Å²) < 4.78 is 0. The first-order valence-electron chi connectivity index (χ1n) is 18.7. The van der Waals surface area contributed by atoms with E-state index in [2.05, 4.69) is 229 Å². The molecule has 1 aliphatic heterocycles. The van der Waals surface area contributed by atoms with Crippen LogP contribution in [0.15, 0.2) is 224 Å². The van der Waals surface area contributed by atoms with Crippen LogP contribution in [0.4, 0.5) is 17.1 Å². The fraction of sp³-hybridized carbons (Fsp3) is 0. The van der Waals surface area contributed by atoms with Crippen molar-refractivity contribution in [3.63, 3.8) is 0 Å². The average molecular weight is 704 g/mol. The van der Waals surface area contributed by atoms with Crippen molar-refractivity contribution in [2.24, 2.45) is 0 Å². The van der Waals surface area contributed by atoms with Crippen LogP contribution in [0.1, 0.15) is 0 Å². The average Bonchev–Trinajstić information content (AvgIpc) is 3.58. The van der Waals surface area contributed by atoms with E-state index in [9.17, 15) is 0 Å². The van der Waals surface area contributed by atoms with Crippen molar-refractivity contribution in [2.75, 3.05) is 4.90 Å². The molecule has 0 saturated heterocycles. The number of nitrogens with zero attached hydrogens (tertiary/aromatic N) is 1. The van der Waals surface area contributed by atoms with Crippen molar-refractivity contribution in [1.29, 1.82) is 0 Å². The molecule has 1 aliphatic rings. The van der Waals surface area contributed by atoms with Crippen molar-refractivity contribution < 1.29 is 0 Å². The third kappa shape index (κ3) is 5.15. The molecule has 0 N–H and O–H groups in total. The molecule has 0 fully saturated rings. The molecule has 1 heterocycles. The molecule has 0 bridgehead atoms. The van der Waals surface area contributed by atoms with E-state index in [4.69, 9.17) is 0 Å². The molecule has 9 aromatic carbocycles. The van der Waals surface area contributed by atoms with Crippen molar-refractivity contribution in [3.05, 3.63) is 224 Å². The highest BCUT2D eigenvalue weighted by Crippen LogP contribution is 2.45. The fourth-order valence-corrected chi connectivity index (χ4v) is 14.0. The van der Waals surface area contributed by atoms with Gasteiger partial charge in [-0.25, -0.2) is 0 Å². The highest BCUT2D eigenvalue weighted by atomic mass is 28.3.